The maximum atomic E-state index is 8.54. The van der Waals surface area contributed by atoms with Crippen LogP contribution < -0.4 is 10.5 Å². The molecule has 5 nitrogen and oxygen atoms in total. The standard InChI is InChI=1S/C8H10N4O/c1-5(2)13-8-11-4-6(3-9)7(10)12-8/h4-5H,1-2H3,(H2,10,11,12). The molecule has 0 unspecified atom stereocenters. The summed E-state index contributed by atoms with van der Waals surface area (Å²) < 4.78 is 5.18. The lowest BCUT2D eigenvalue weighted by molar-refractivity contribution is 0.222. The van der Waals surface area contributed by atoms with Gasteiger partial charge in [-0.1, -0.05) is 0 Å². The first-order chi connectivity index (χ1) is 6.13. The van der Waals surface area contributed by atoms with Crippen molar-refractivity contribution < 1.29 is 4.74 Å². The molecule has 0 saturated carbocycles. The monoisotopic (exact) mass is 178 g/mol. The molecule has 68 valence electrons. The van der Waals surface area contributed by atoms with Crippen molar-refractivity contribution in [2.45, 2.75) is 20.0 Å². The van der Waals surface area contributed by atoms with Crippen LogP contribution in [0.2, 0.25) is 0 Å². The molecule has 0 atom stereocenters. The van der Waals surface area contributed by atoms with Crippen molar-refractivity contribution in [2.24, 2.45) is 0 Å². The van der Waals surface area contributed by atoms with E-state index in [4.69, 9.17) is 15.7 Å². The molecule has 1 aromatic rings. The number of ether oxygens (including phenoxy) is 1. The Bertz CT molecular complexity index is 342. The van der Waals surface area contributed by atoms with E-state index >= 15 is 0 Å². The van der Waals surface area contributed by atoms with Gasteiger partial charge < -0.3 is 10.5 Å². The van der Waals surface area contributed by atoms with Gasteiger partial charge in [-0.05, 0) is 13.8 Å². The van der Waals surface area contributed by atoms with Crippen LogP contribution >= 0.6 is 0 Å². The molecule has 0 amide bonds. The molecule has 1 aromatic heterocycles. The normalized spacial score (nSPS) is 9.69. The number of aromatic nitrogens is 2. The summed E-state index contributed by atoms with van der Waals surface area (Å²) in [5, 5.41) is 8.54. The molecule has 0 aliphatic rings. The topological polar surface area (TPSA) is 84.8 Å². The third-order valence-corrected chi connectivity index (χ3v) is 1.26. The van der Waals surface area contributed by atoms with Gasteiger partial charge in [-0.3, -0.25) is 0 Å². The highest BCUT2D eigenvalue weighted by Crippen LogP contribution is 2.10. The number of rotatable bonds is 2. The van der Waals surface area contributed by atoms with Crippen molar-refractivity contribution in [3.05, 3.63) is 11.8 Å². The Morgan fingerprint density at radius 3 is 2.77 bits per heavy atom. The number of nitrogens with two attached hydrogens (primary N) is 1. The van der Waals surface area contributed by atoms with Crippen molar-refractivity contribution in [1.29, 1.82) is 5.26 Å². The Hall–Kier alpha value is -1.83. The molecule has 0 aromatic carbocycles. The van der Waals surface area contributed by atoms with Gasteiger partial charge in [0.15, 0.2) is 0 Å². The van der Waals surface area contributed by atoms with Gasteiger partial charge in [0.1, 0.15) is 17.5 Å². The fraction of sp³-hybridized carbons (Fsp3) is 0.375. The smallest absolute Gasteiger partial charge is 0.318 e. The molecule has 0 aliphatic carbocycles. The highest BCUT2D eigenvalue weighted by atomic mass is 16.5. The molecule has 2 N–H and O–H groups in total. The molecular formula is C8H10N4O. The molecular weight excluding hydrogens is 168 g/mol. The molecule has 0 spiro atoms. The van der Waals surface area contributed by atoms with Crippen LogP contribution in [0.3, 0.4) is 0 Å². The maximum Gasteiger partial charge on any atom is 0.318 e. The second-order valence-electron chi connectivity index (χ2n) is 2.73. The van der Waals surface area contributed by atoms with Crippen LogP contribution in [0.1, 0.15) is 19.4 Å². The number of hydrogen-bond acceptors (Lipinski definition) is 5. The van der Waals surface area contributed by atoms with Gasteiger partial charge in [-0.2, -0.15) is 10.2 Å². The van der Waals surface area contributed by atoms with Gasteiger partial charge in [0.05, 0.1) is 12.3 Å². The van der Waals surface area contributed by atoms with Crippen LogP contribution in [0.5, 0.6) is 6.01 Å². The van der Waals surface area contributed by atoms with Gasteiger partial charge in [-0.25, -0.2) is 4.98 Å². The molecule has 1 rings (SSSR count). The molecule has 0 saturated heterocycles. The fourth-order valence-corrected chi connectivity index (χ4v) is 0.732. The van der Waals surface area contributed by atoms with Crippen molar-refractivity contribution in [3.63, 3.8) is 0 Å². The first-order valence-electron chi connectivity index (χ1n) is 3.82. The van der Waals surface area contributed by atoms with E-state index in [2.05, 4.69) is 9.97 Å². The minimum atomic E-state index is -0.00710. The zero-order chi connectivity index (χ0) is 9.84. The lowest BCUT2D eigenvalue weighted by Crippen LogP contribution is -2.09. The zero-order valence-corrected chi connectivity index (χ0v) is 7.48. The lowest BCUT2D eigenvalue weighted by Gasteiger charge is -2.07. The molecule has 0 fully saturated rings. The Morgan fingerprint density at radius 2 is 2.31 bits per heavy atom. The Morgan fingerprint density at radius 1 is 1.62 bits per heavy atom. The van der Waals surface area contributed by atoms with E-state index in [0.29, 0.717) is 0 Å². The van der Waals surface area contributed by atoms with Crippen LogP contribution in [-0.4, -0.2) is 16.1 Å². The largest absolute Gasteiger partial charge is 0.461 e. The first kappa shape index (κ1) is 9.26. The zero-order valence-electron chi connectivity index (χ0n) is 7.48. The first-order valence-corrected chi connectivity index (χ1v) is 3.82. The van der Waals surface area contributed by atoms with Crippen molar-refractivity contribution in [1.82, 2.24) is 9.97 Å². The van der Waals surface area contributed by atoms with Crippen molar-refractivity contribution in [2.75, 3.05) is 5.73 Å². The molecule has 0 aliphatic heterocycles. The van der Waals surface area contributed by atoms with E-state index in [-0.39, 0.29) is 23.5 Å². The average molecular weight is 178 g/mol. The van der Waals surface area contributed by atoms with Crippen LogP contribution in [0.4, 0.5) is 5.82 Å². The summed E-state index contributed by atoms with van der Waals surface area (Å²) in [4.78, 5) is 7.62. The van der Waals surface area contributed by atoms with E-state index in [1.807, 2.05) is 19.9 Å². The summed E-state index contributed by atoms with van der Waals surface area (Å²) in [6, 6.07) is 2.07. The Kier molecular flexibility index (Phi) is 2.65. The SMILES string of the molecule is CC(C)Oc1ncc(C#N)c(N)n1. The summed E-state index contributed by atoms with van der Waals surface area (Å²) in [6.45, 7) is 3.72. The fourth-order valence-electron chi connectivity index (χ4n) is 0.732. The number of nitriles is 1. The minimum absolute atomic E-state index is 0.00710. The van der Waals surface area contributed by atoms with Crippen molar-refractivity contribution in [3.8, 4) is 12.1 Å². The summed E-state index contributed by atoms with van der Waals surface area (Å²) >= 11 is 0. The summed E-state index contributed by atoms with van der Waals surface area (Å²) in [5.74, 6) is 0.146. The van der Waals surface area contributed by atoms with Crippen LogP contribution in [-0.2, 0) is 0 Å². The predicted molar refractivity (Wildman–Crippen MR) is 46.9 cm³/mol. The average Bonchev–Trinajstić information content (AvgIpc) is 2.03. The van der Waals surface area contributed by atoms with E-state index < -0.39 is 0 Å². The third kappa shape index (κ3) is 2.30. The number of nitrogens with zero attached hydrogens (tertiary/aromatic N) is 3. The number of anilines is 1. The third-order valence-electron chi connectivity index (χ3n) is 1.26. The minimum Gasteiger partial charge on any atom is -0.461 e. The highest BCUT2D eigenvalue weighted by Gasteiger charge is 2.05. The Labute approximate surface area is 76.2 Å². The molecule has 0 radical (unpaired) electrons. The molecule has 0 bridgehead atoms. The number of nitrogen functional groups attached to an aromatic ring is 1. The summed E-state index contributed by atoms with van der Waals surface area (Å²) in [6.07, 6.45) is 1.34. The quantitative estimate of drug-likeness (QED) is 0.721. The van der Waals surface area contributed by atoms with E-state index in [9.17, 15) is 0 Å². The second kappa shape index (κ2) is 3.72. The summed E-state index contributed by atoms with van der Waals surface area (Å²) in [7, 11) is 0. The van der Waals surface area contributed by atoms with Crippen molar-refractivity contribution >= 4 is 5.82 Å². The van der Waals surface area contributed by atoms with E-state index in [0.717, 1.165) is 0 Å². The maximum absolute atomic E-state index is 8.54. The number of hydrogen-bond donors (Lipinski definition) is 1. The van der Waals surface area contributed by atoms with E-state index in [1.165, 1.54) is 6.20 Å². The Balaban J connectivity index is 2.91. The molecule has 1 heterocycles. The lowest BCUT2D eigenvalue weighted by atomic mass is 10.3. The molecule has 5 heteroatoms. The summed E-state index contributed by atoms with van der Waals surface area (Å²) in [5.41, 5.74) is 5.71. The van der Waals surface area contributed by atoms with Gasteiger partial charge in [0.25, 0.3) is 0 Å². The predicted octanol–water partition coefficient (Wildman–Crippen LogP) is 0.718. The van der Waals surface area contributed by atoms with Crippen LogP contribution in [0, 0.1) is 11.3 Å². The van der Waals surface area contributed by atoms with Crippen LogP contribution in [0.25, 0.3) is 0 Å². The van der Waals surface area contributed by atoms with Gasteiger partial charge >= 0.3 is 6.01 Å². The molecule has 13 heavy (non-hydrogen) atoms. The van der Waals surface area contributed by atoms with Gasteiger partial charge in [-0.15, -0.1) is 0 Å². The van der Waals surface area contributed by atoms with E-state index in [1.54, 1.807) is 0 Å². The van der Waals surface area contributed by atoms with Gasteiger partial charge in [0.2, 0.25) is 0 Å². The van der Waals surface area contributed by atoms with Gasteiger partial charge in [0, 0.05) is 0 Å². The van der Waals surface area contributed by atoms with Crippen LogP contribution in [0.15, 0.2) is 6.20 Å². The second-order valence-corrected chi connectivity index (χ2v) is 2.73. The highest BCUT2D eigenvalue weighted by molar-refractivity contribution is 5.46.